The number of aliphatic imine (C=N–C) groups is 1. The standard InChI is InChI=1S/C20H19N3O/c1-3-18(15-7-5-4-6-8-15)21-17-11-9-16(10-12-17)20-14(2)13-19(24)22-23-20/h3-12,14H,1,13H2,2H3,(H,22,24)/t14-/m1/s1. The van der Waals surface area contributed by atoms with Crippen LogP contribution in [0.25, 0.3) is 0 Å². The molecule has 0 fully saturated rings. The van der Waals surface area contributed by atoms with E-state index < -0.39 is 0 Å². The van der Waals surface area contributed by atoms with Crippen LogP contribution in [0, 0.1) is 5.92 Å². The summed E-state index contributed by atoms with van der Waals surface area (Å²) in [5.74, 6) is 0.0760. The number of rotatable bonds is 4. The van der Waals surface area contributed by atoms with Crippen molar-refractivity contribution in [2.24, 2.45) is 16.0 Å². The molecule has 3 rings (SSSR count). The van der Waals surface area contributed by atoms with Crippen molar-refractivity contribution in [1.29, 1.82) is 0 Å². The maximum absolute atomic E-state index is 11.3. The van der Waals surface area contributed by atoms with Crippen molar-refractivity contribution in [3.05, 3.63) is 78.4 Å². The highest BCUT2D eigenvalue weighted by Crippen LogP contribution is 2.20. The molecule has 1 aliphatic rings. The lowest BCUT2D eigenvalue weighted by atomic mass is 9.94. The van der Waals surface area contributed by atoms with Crippen LogP contribution in [0.3, 0.4) is 0 Å². The summed E-state index contributed by atoms with van der Waals surface area (Å²) in [6, 6.07) is 17.8. The van der Waals surface area contributed by atoms with Crippen LogP contribution >= 0.6 is 0 Å². The molecule has 0 aliphatic carbocycles. The van der Waals surface area contributed by atoms with Crippen LogP contribution < -0.4 is 5.43 Å². The molecule has 0 radical (unpaired) electrons. The first-order chi connectivity index (χ1) is 11.7. The van der Waals surface area contributed by atoms with Gasteiger partial charge in [-0.2, -0.15) is 5.10 Å². The largest absolute Gasteiger partial charge is 0.273 e. The van der Waals surface area contributed by atoms with Crippen molar-refractivity contribution in [3.63, 3.8) is 0 Å². The van der Waals surface area contributed by atoms with E-state index in [-0.39, 0.29) is 11.8 Å². The molecule has 2 aromatic rings. The Labute approximate surface area is 141 Å². The molecule has 0 saturated heterocycles. The maximum atomic E-state index is 11.3. The first-order valence-electron chi connectivity index (χ1n) is 7.91. The average molecular weight is 317 g/mol. The summed E-state index contributed by atoms with van der Waals surface area (Å²) in [6.45, 7) is 5.86. The van der Waals surface area contributed by atoms with E-state index in [0.717, 1.165) is 28.2 Å². The lowest BCUT2D eigenvalue weighted by Crippen LogP contribution is -2.31. The minimum absolute atomic E-state index is 0.0362. The van der Waals surface area contributed by atoms with Crippen LogP contribution in [0.2, 0.25) is 0 Å². The summed E-state index contributed by atoms with van der Waals surface area (Å²) < 4.78 is 0. The van der Waals surface area contributed by atoms with Crippen LogP contribution in [-0.2, 0) is 4.79 Å². The second-order valence-corrected chi connectivity index (χ2v) is 5.75. The molecule has 24 heavy (non-hydrogen) atoms. The highest BCUT2D eigenvalue weighted by molar-refractivity contribution is 6.09. The Balaban J connectivity index is 1.86. The lowest BCUT2D eigenvalue weighted by Gasteiger charge is -2.19. The minimum Gasteiger partial charge on any atom is -0.273 e. The summed E-state index contributed by atoms with van der Waals surface area (Å²) >= 11 is 0. The van der Waals surface area contributed by atoms with Crippen molar-refractivity contribution < 1.29 is 4.79 Å². The van der Waals surface area contributed by atoms with Crippen LogP contribution in [0.15, 0.2) is 77.3 Å². The van der Waals surface area contributed by atoms with Gasteiger partial charge in [0.05, 0.1) is 17.1 Å². The molecule has 1 amide bonds. The Kier molecular flexibility index (Phi) is 4.66. The lowest BCUT2D eigenvalue weighted by molar-refractivity contribution is -0.121. The van der Waals surface area contributed by atoms with E-state index in [4.69, 9.17) is 0 Å². The topological polar surface area (TPSA) is 53.8 Å². The van der Waals surface area contributed by atoms with Crippen molar-refractivity contribution in [3.8, 4) is 0 Å². The first-order valence-corrected chi connectivity index (χ1v) is 7.91. The van der Waals surface area contributed by atoms with Crippen molar-refractivity contribution >= 4 is 23.0 Å². The summed E-state index contributed by atoms with van der Waals surface area (Å²) in [7, 11) is 0. The molecule has 1 N–H and O–H groups in total. The first kappa shape index (κ1) is 15.9. The van der Waals surface area contributed by atoms with E-state index in [1.54, 1.807) is 6.08 Å². The molecule has 0 unspecified atom stereocenters. The number of hydrazone groups is 1. The van der Waals surface area contributed by atoms with E-state index in [9.17, 15) is 4.79 Å². The number of nitrogens with one attached hydrogen (secondary N) is 1. The summed E-state index contributed by atoms with van der Waals surface area (Å²) in [6.07, 6.45) is 2.22. The summed E-state index contributed by atoms with van der Waals surface area (Å²) in [4.78, 5) is 16.0. The van der Waals surface area contributed by atoms with Gasteiger partial charge < -0.3 is 0 Å². The van der Waals surface area contributed by atoms with Gasteiger partial charge in [0.1, 0.15) is 0 Å². The zero-order valence-electron chi connectivity index (χ0n) is 13.6. The van der Waals surface area contributed by atoms with Gasteiger partial charge in [0.25, 0.3) is 0 Å². The van der Waals surface area contributed by atoms with Gasteiger partial charge in [0.2, 0.25) is 5.91 Å². The van der Waals surface area contributed by atoms with Crippen molar-refractivity contribution in [2.75, 3.05) is 0 Å². The molecule has 1 heterocycles. The van der Waals surface area contributed by atoms with E-state index in [1.165, 1.54) is 0 Å². The van der Waals surface area contributed by atoms with Gasteiger partial charge in [-0.3, -0.25) is 4.79 Å². The van der Waals surface area contributed by atoms with Gasteiger partial charge in [-0.1, -0.05) is 56.0 Å². The van der Waals surface area contributed by atoms with E-state index in [1.807, 2.05) is 61.5 Å². The Morgan fingerprint density at radius 1 is 1.21 bits per heavy atom. The van der Waals surface area contributed by atoms with Crippen molar-refractivity contribution in [1.82, 2.24) is 5.43 Å². The summed E-state index contributed by atoms with van der Waals surface area (Å²) in [5, 5.41) is 4.18. The maximum Gasteiger partial charge on any atom is 0.240 e. The SMILES string of the molecule is C=CC(=Nc1ccc(C2=NNC(=O)C[C@H]2C)cc1)c1ccccc1. The number of nitrogens with zero attached hydrogens (tertiary/aromatic N) is 2. The predicted molar refractivity (Wildman–Crippen MR) is 97.7 cm³/mol. The molecule has 4 nitrogen and oxygen atoms in total. The fourth-order valence-corrected chi connectivity index (χ4v) is 2.69. The number of carbonyl (C=O) groups is 1. The number of benzene rings is 2. The predicted octanol–water partition coefficient (Wildman–Crippen LogP) is 3.85. The zero-order chi connectivity index (χ0) is 16.9. The van der Waals surface area contributed by atoms with Gasteiger partial charge in [0, 0.05) is 17.9 Å². The molecular weight excluding hydrogens is 298 g/mol. The molecule has 0 saturated carbocycles. The van der Waals surface area contributed by atoms with Gasteiger partial charge in [-0.25, -0.2) is 10.4 Å². The van der Waals surface area contributed by atoms with Crippen LogP contribution in [-0.4, -0.2) is 17.3 Å². The normalized spacial score (nSPS) is 17.9. The second-order valence-electron chi connectivity index (χ2n) is 5.75. The number of amides is 1. The fraction of sp³-hybridized carbons (Fsp3) is 0.150. The number of carbonyl (C=O) groups excluding carboxylic acids is 1. The van der Waals surface area contributed by atoms with Crippen LogP contribution in [0.5, 0.6) is 0 Å². The summed E-state index contributed by atoms with van der Waals surface area (Å²) in [5.41, 5.74) is 7.16. The third-order valence-corrected chi connectivity index (χ3v) is 3.93. The molecule has 1 aliphatic heterocycles. The van der Waals surface area contributed by atoms with Crippen LogP contribution in [0.1, 0.15) is 24.5 Å². The minimum atomic E-state index is -0.0362. The van der Waals surface area contributed by atoms with E-state index in [2.05, 4.69) is 22.1 Å². The third-order valence-electron chi connectivity index (χ3n) is 3.93. The monoisotopic (exact) mass is 317 g/mol. The second kappa shape index (κ2) is 7.04. The Hall–Kier alpha value is -3.01. The van der Waals surface area contributed by atoms with Gasteiger partial charge in [-0.05, 0) is 23.8 Å². The fourth-order valence-electron chi connectivity index (χ4n) is 2.69. The van der Waals surface area contributed by atoms with Crippen molar-refractivity contribution in [2.45, 2.75) is 13.3 Å². The van der Waals surface area contributed by atoms with Gasteiger partial charge >= 0.3 is 0 Å². The highest BCUT2D eigenvalue weighted by Gasteiger charge is 2.21. The third kappa shape index (κ3) is 3.49. The molecule has 0 aromatic heterocycles. The Morgan fingerprint density at radius 3 is 2.54 bits per heavy atom. The molecule has 4 heteroatoms. The number of hydrogen-bond donors (Lipinski definition) is 1. The number of allylic oxidation sites excluding steroid dienone is 1. The Morgan fingerprint density at radius 2 is 1.92 bits per heavy atom. The van der Waals surface area contributed by atoms with E-state index >= 15 is 0 Å². The number of hydrogen-bond acceptors (Lipinski definition) is 3. The molecule has 2 aromatic carbocycles. The van der Waals surface area contributed by atoms with Gasteiger partial charge in [-0.15, -0.1) is 0 Å². The molecule has 120 valence electrons. The average Bonchev–Trinajstić information content (AvgIpc) is 2.61. The van der Waals surface area contributed by atoms with Crippen LogP contribution in [0.4, 0.5) is 5.69 Å². The molecule has 0 spiro atoms. The zero-order valence-corrected chi connectivity index (χ0v) is 13.6. The molecular formula is C20H19N3O. The smallest absolute Gasteiger partial charge is 0.240 e. The van der Waals surface area contributed by atoms with Gasteiger partial charge in [0.15, 0.2) is 0 Å². The van der Waals surface area contributed by atoms with E-state index in [0.29, 0.717) is 6.42 Å². The quantitative estimate of drug-likeness (QED) is 0.856. The highest BCUT2D eigenvalue weighted by atomic mass is 16.2. The Bertz CT molecular complexity index is 805. The molecule has 1 atom stereocenters. The molecule has 0 bridgehead atoms.